The van der Waals surface area contributed by atoms with E-state index >= 15 is 0 Å². The van der Waals surface area contributed by atoms with Crippen molar-refractivity contribution in [1.29, 1.82) is 0 Å². The standard InChI is InChI=1S/C19H28FN3O2/c20-17-2-3-18(23-9-11-25-12-10-23)16(13-17)14-22-19(24)4-1-15-5-7-21-8-6-15/h2-3,13,15,21H,1,4-12,14H2,(H,22,24). The zero-order chi connectivity index (χ0) is 17.5. The van der Waals surface area contributed by atoms with Gasteiger partial charge in [-0.05, 0) is 62.0 Å². The van der Waals surface area contributed by atoms with Crippen molar-refractivity contribution >= 4 is 11.6 Å². The predicted octanol–water partition coefficient (Wildman–Crippen LogP) is 2.06. The van der Waals surface area contributed by atoms with E-state index in [0.29, 0.717) is 32.1 Å². The summed E-state index contributed by atoms with van der Waals surface area (Å²) in [7, 11) is 0. The lowest BCUT2D eigenvalue weighted by molar-refractivity contribution is -0.121. The maximum atomic E-state index is 13.7. The molecule has 0 spiro atoms. The average Bonchev–Trinajstić information content (AvgIpc) is 2.66. The molecule has 6 heteroatoms. The second kappa shape index (κ2) is 9.15. The fourth-order valence-corrected chi connectivity index (χ4v) is 3.60. The van der Waals surface area contributed by atoms with Crippen molar-refractivity contribution in [2.24, 2.45) is 5.92 Å². The van der Waals surface area contributed by atoms with Crippen LogP contribution >= 0.6 is 0 Å². The van der Waals surface area contributed by atoms with Gasteiger partial charge in [-0.2, -0.15) is 0 Å². The second-order valence-electron chi connectivity index (χ2n) is 6.88. The van der Waals surface area contributed by atoms with Crippen LogP contribution in [0.1, 0.15) is 31.2 Å². The molecule has 0 radical (unpaired) electrons. The lowest BCUT2D eigenvalue weighted by atomic mass is 9.93. The molecule has 0 saturated carbocycles. The molecule has 3 rings (SSSR count). The first kappa shape index (κ1) is 18.1. The maximum absolute atomic E-state index is 13.7. The molecule has 0 aromatic heterocycles. The van der Waals surface area contributed by atoms with Gasteiger partial charge in [0.25, 0.3) is 0 Å². The van der Waals surface area contributed by atoms with Gasteiger partial charge < -0.3 is 20.3 Å². The number of nitrogens with zero attached hydrogens (tertiary/aromatic N) is 1. The van der Waals surface area contributed by atoms with E-state index in [9.17, 15) is 9.18 Å². The zero-order valence-corrected chi connectivity index (χ0v) is 14.7. The molecule has 1 aromatic carbocycles. The average molecular weight is 349 g/mol. The smallest absolute Gasteiger partial charge is 0.220 e. The summed E-state index contributed by atoms with van der Waals surface area (Å²) in [6, 6.07) is 4.81. The molecule has 2 heterocycles. The van der Waals surface area contributed by atoms with Crippen LogP contribution in [0.3, 0.4) is 0 Å². The molecule has 1 aromatic rings. The SMILES string of the molecule is O=C(CCC1CCNCC1)NCc1cc(F)ccc1N1CCOCC1. The van der Waals surface area contributed by atoms with Gasteiger partial charge in [-0.15, -0.1) is 0 Å². The molecule has 0 aliphatic carbocycles. The fraction of sp³-hybridized carbons (Fsp3) is 0.632. The minimum atomic E-state index is -0.268. The van der Waals surface area contributed by atoms with E-state index in [2.05, 4.69) is 15.5 Å². The summed E-state index contributed by atoms with van der Waals surface area (Å²) < 4.78 is 19.1. The monoisotopic (exact) mass is 349 g/mol. The number of hydrogen-bond acceptors (Lipinski definition) is 4. The summed E-state index contributed by atoms with van der Waals surface area (Å²) in [5.74, 6) is 0.428. The maximum Gasteiger partial charge on any atom is 0.220 e. The van der Waals surface area contributed by atoms with Crippen LogP contribution in [0, 0.1) is 11.7 Å². The van der Waals surface area contributed by atoms with Crippen molar-refractivity contribution in [3.05, 3.63) is 29.6 Å². The van der Waals surface area contributed by atoms with Gasteiger partial charge >= 0.3 is 0 Å². The number of amides is 1. The molecular formula is C19H28FN3O2. The van der Waals surface area contributed by atoms with Crippen molar-refractivity contribution in [2.75, 3.05) is 44.3 Å². The molecular weight excluding hydrogens is 321 g/mol. The Morgan fingerprint density at radius 3 is 2.80 bits per heavy atom. The van der Waals surface area contributed by atoms with Gasteiger partial charge in [0.15, 0.2) is 0 Å². The van der Waals surface area contributed by atoms with Crippen molar-refractivity contribution < 1.29 is 13.9 Å². The molecule has 2 saturated heterocycles. The van der Waals surface area contributed by atoms with Gasteiger partial charge in [-0.3, -0.25) is 4.79 Å². The Labute approximate surface area is 148 Å². The lowest BCUT2D eigenvalue weighted by Crippen LogP contribution is -2.37. The van der Waals surface area contributed by atoms with Gasteiger partial charge in [0, 0.05) is 31.7 Å². The van der Waals surface area contributed by atoms with Gasteiger partial charge in [0.05, 0.1) is 13.2 Å². The molecule has 138 valence electrons. The minimum Gasteiger partial charge on any atom is -0.378 e. The van der Waals surface area contributed by atoms with Crippen LogP contribution in [0.2, 0.25) is 0 Å². The molecule has 0 unspecified atom stereocenters. The minimum absolute atomic E-state index is 0.0516. The number of halogens is 1. The third kappa shape index (κ3) is 5.41. The summed E-state index contributed by atoms with van der Waals surface area (Å²) >= 11 is 0. The van der Waals surface area contributed by atoms with Gasteiger partial charge in [0.1, 0.15) is 5.82 Å². The lowest BCUT2D eigenvalue weighted by Gasteiger charge is -2.30. The van der Waals surface area contributed by atoms with E-state index < -0.39 is 0 Å². The van der Waals surface area contributed by atoms with Crippen LogP contribution < -0.4 is 15.5 Å². The van der Waals surface area contributed by atoms with Crippen molar-refractivity contribution in [1.82, 2.24) is 10.6 Å². The largest absolute Gasteiger partial charge is 0.378 e. The van der Waals surface area contributed by atoms with Crippen LogP contribution in [0.5, 0.6) is 0 Å². The predicted molar refractivity (Wildman–Crippen MR) is 96.1 cm³/mol. The van der Waals surface area contributed by atoms with Crippen molar-refractivity contribution in [3.8, 4) is 0 Å². The van der Waals surface area contributed by atoms with E-state index in [4.69, 9.17) is 4.74 Å². The first-order valence-electron chi connectivity index (χ1n) is 9.31. The van der Waals surface area contributed by atoms with Crippen LogP contribution in [-0.4, -0.2) is 45.3 Å². The number of benzene rings is 1. The van der Waals surface area contributed by atoms with E-state index in [1.165, 1.54) is 12.1 Å². The molecule has 2 aliphatic rings. The second-order valence-corrected chi connectivity index (χ2v) is 6.88. The van der Waals surface area contributed by atoms with Crippen LogP contribution in [-0.2, 0) is 16.1 Å². The van der Waals surface area contributed by atoms with Crippen molar-refractivity contribution in [2.45, 2.75) is 32.2 Å². The highest BCUT2D eigenvalue weighted by Crippen LogP contribution is 2.23. The highest BCUT2D eigenvalue weighted by molar-refractivity contribution is 5.76. The summed E-state index contributed by atoms with van der Waals surface area (Å²) in [4.78, 5) is 14.4. The van der Waals surface area contributed by atoms with E-state index in [-0.39, 0.29) is 11.7 Å². The third-order valence-electron chi connectivity index (χ3n) is 5.11. The number of carbonyl (C=O) groups is 1. The Balaban J connectivity index is 1.52. The highest BCUT2D eigenvalue weighted by atomic mass is 19.1. The number of ether oxygens (including phenoxy) is 1. The van der Waals surface area contributed by atoms with Crippen molar-refractivity contribution in [3.63, 3.8) is 0 Å². The quantitative estimate of drug-likeness (QED) is 0.825. The Morgan fingerprint density at radius 1 is 1.28 bits per heavy atom. The summed E-state index contributed by atoms with van der Waals surface area (Å²) in [5.41, 5.74) is 1.82. The Kier molecular flexibility index (Phi) is 6.64. The molecule has 25 heavy (non-hydrogen) atoms. The molecule has 5 nitrogen and oxygen atoms in total. The molecule has 0 atom stereocenters. The number of piperidine rings is 1. The van der Waals surface area contributed by atoms with Gasteiger partial charge in [-0.1, -0.05) is 0 Å². The Morgan fingerprint density at radius 2 is 2.04 bits per heavy atom. The highest BCUT2D eigenvalue weighted by Gasteiger charge is 2.17. The number of hydrogen-bond donors (Lipinski definition) is 2. The molecule has 2 N–H and O–H groups in total. The topological polar surface area (TPSA) is 53.6 Å². The zero-order valence-electron chi connectivity index (χ0n) is 14.7. The first-order valence-corrected chi connectivity index (χ1v) is 9.31. The number of morpholine rings is 1. The third-order valence-corrected chi connectivity index (χ3v) is 5.11. The number of nitrogens with one attached hydrogen (secondary N) is 2. The molecule has 1 amide bonds. The van der Waals surface area contributed by atoms with Crippen LogP contribution in [0.25, 0.3) is 0 Å². The van der Waals surface area contributed by atoms with E-state index in [0.717, 1.165) is 56.7 Å². The Hall–Kier alpha value is -1.66. The number of carbonyl (C=O) groups excluding carboxylic acids is 1. The first-order chi connectivity index (χ1) is 12.2. The Bertz CT molecular complexity index is 570. The summed E-state index contributed by atoms with van der Waals surface area (Å²) in [5, 5.41) is 6.31. The molecule has 0 bridgehead atoms. The number of rotatable bonds is 6. The van der Waals surface area contributed by atoms with Crippen LogP contribution in [0.15, 0.2) is 18.2 Å². The number of anilines is 1. The molecule has 2 aliphatic heterocycles. The molecule has 2 fully saturated rings. The van der Waals surface area contributed by atoms with Gasteiger partial charge in [0.2, 0.25) is 5.91 Å². The summed E-state index contributed by atoms with van der Waals surface area (Å²) in [6.45, 7) is 5.43. The normalized spacial score (nSPS) is 19.0. The van der Waals surface area contributed by atoms with Gasteiger partial charge in [-0.25, -0.2) is 4.39 Å². The summed E-state index contributed by atoms with van der Waals surface area (Å²) in [6.07, 6.45) is 3.79. The fourth-order valence-electron chi connectivity index (χ4n) is 3.60. The van der Waals surface area contributed by atoms with E-state index in [1.54, 1.807) is 6.07 Å². The van der Waals surface area contributed by atoms with Crippen LogP contribution in [0.4, 0.5) is 10.1 Å². The van der Waals surface area contributed by atoms with E-state index in [1.807, 2.05) is 0 Å².